The molecule has 0 bridgehead atoms. The lowest BCUT2D eigenvalue weighted by atomic mass is 10.2. The smallest absolute Gasteiger partial charge is 0.270 e. The van der Waals surface area contributed by atoms with Gasteiger partial charge in [0.15, 0.2) is 11.6 Å². The van der Waals surface area contributed by atoms with E-state index in [0.717, 1.165) is 17.7 Å². The highest BCUT2D eigenvalue weighted by atomic mass is 19.2. The van der Waals surface area contributed by atoms with Gasteiger partial charge in [-0.2, -0.15) is 0 Å². The molecule has 0 atom stereocenters. The van der Waals surface area contributed by atoms with Crippen LogP contribution in [0, 0.1) is 11.6 Å². The first-order chi connectivity index (χ1) is 12.1. The van der Waals surface area contributed by atoms with Gasteiger partial charge in [-0.25, -0.2) is 8.78 Å². The fraction of sp³-hybridized carbons (Fsp3) is 0.0556. The molecular formula is C18H14F2N4O. The van der Waals surface area contributed by atoms with Crippen LogP contribution in [-0.2, 0) is 6.54 Å². The molecule has 0 aliphatic heterocycles. The van der Waals surface area contributed by atoms with Crippen molar-refractivity contribution in [2.75, 3.05) is 5.32 Å². The number of aromatic nitrogens is 2. The van der Waals surface area contributed by atoms with Crippen LogP contribution in [0.4, 0.5) is 20.2 Å². The predicted molar refractivity (Wildman–Crippen MR) is 89.3 cm³/mol. The number of benzene rings is 1. The lowest BCUT2D eigenvalue weighted by molar-refractivity contribution is 0.0946. The number of nitrogens with zero attached hydrogens (tertiary/aromatic N) is 2. The van der Waals surface area contributed by atoms with Gasteiger partial charge in [0.25, 0.3) is 5.91 Å². The van der Waals surface area contributed by atoms with Gasteiger partial charge < -0.3 is 10.6 Å². The zero-order valence-corrected chi connectivity index (χ0v) is 13.0. The Labute approximate surface area is 142 Å². The third-order valence-corrected chi connectivity index (χ3v) is 3.40. The fourth-order valence-electron chi connectivity index (χ4n) is 2.15. The number of anilines is 2. The molecule has 1 amide bonds. The van der Waals surface area contributed by atoms with E-state index in [0.29, 0.717) is 17.9 Å². The van der Waals surface area contributed by atoms with Crippen molar-refractivity contribution in [3.63, 3.8) is 0 Å². The van der Waals surface area contributed by atoms with Crippen molar-refractivity contribution in [1.29, 1.82) is 0 Å². The Morgan fingerprint density at radius 1 is 0.920 bits per heavy atom. The molecule has 7 heteroatoms. The van der Waals surface area contributed by atoms with E-state index in [4.69, 9.17) is 0 Å². The van der Waals surface area contributed by atoms with Gasteiger partial charge in [-0.15, -0.1) is 0 Å². The summed E-state index contributed by atoms with van der Waals surface area (Å²) in [6, 6.07) is 10.2. The molecule has 5 nitrogen and oxygen atoms in total. The highest BCUT2D eigenvalue weighted by Gasteiger charge is 2.09. The van der Waals surface area contributed by atoms with Gasteiger partial charge in [0.2, 0.25) is 0 Å². The summed E-state index contributed by atoms with van der Waals surface area (Å²) in [6.45, 7) is 0.351. The highest BCUT2D eigenvalue weighted by Crippen LogP contribution is 2.19. The molecule has 0 radical (unpaired) electrons. The lowest BCUT2D eigenvalue weighted by Gasteiger charge is -2.09. The van der Waals surface area contributed by atoms with Crippen molar-refractivity contribution in [2.45, 2.75) is 6.54 Å². The molecule has 3 aromatic rings. The topological polar surface area (TPSA) is 66.9 Å². The summed E-state index contributed by atoms with van der Waals surface area (Å²) in [5.74, 6) is -2.21. The lowest BCUT2D eigenvalue weighted by Crippen LogP contribution is -2.23. The number of rotatable bonds is 5. The molecule has 0 saturated carbocycles. The van der Waals surface area contributed by atoms with Gasteiger partial charge in [-0.3, -0.25) is 14.8 Å². The summed E-state index contributed by atoms with van der Waals surface area (Å²) >= 11 is 0. The van der Waals surface area contributed by atoms with E-state index in [1.165, 1.54) is 18.3 Å². The Morgan fingerprint density at radius 2 is 1.68 bits per heavy atom. The van der Waals surface area contributed by atoms with Gasteiger partial charge in [-0.1, -0.05) is 0 Å². The van der Waals surface area contributed by atoms with Crippen LogP contribution in [0.15, 0.2) is 61.1 Å². The maximum Gasteiger partial charge on any atom is 0.270 e. The monoisotopic (exact) mass is 340 g/mol. The van der Waals surface area contributed by atoms with Crippen LogP contribution in [0.5, 0.6) is 0 Å². The molecule has 0 saturated heterocycles. The minimum Gasteiger partial charge on any atom is -0.355 e. The van der Waals surface area contributed by atoms with Crippen LogP contribution < -0.4 is 10.6 Å². The molecule has 0 fully saturated rings. The number of halogens is 2. The van der Waals surface area contributed by atoms with Crippen LogP contribution in [0.3, 0.4) is 0 Å². The second-order valence-corrected chi connectivity index (χ2v) is 5.22. The van der Waals surface area contributed by atoms with Crippen molar-refractivity contribution in [3.8, 4) is 0 Å². The van der Waals surface area contributed by atoms with Gasteiger partial charge in [0.05, 0.1) is 0 Å². The normalized spacial score (nSPS) is 10.3. The van der Waals surface area contributed by atoms with Crippen molar-refractivity contribution < 1.29 is 13.6 Å². The Balaban J connectivity index is 1.68. The Kier molecular flexibility index (Phi) is 4.94. The molecule has 1 aromatic carbocycles. The number of carbonyl (C=O) groups is 1. The Morgan fingerprint density at radius 3 is 2.44 bits per heavy atom. The third kappa shape index (κ3) is 4.35. The summed E-state index contributed by atoms with van der Waals surface area (Å²) < 4.78 is 26.2. The minimum absolute atomic E-state index is 0.210. The summed E-state index contributed by atoms with van der Waals surface area (Å²) in [4.78, 5) is 20.1. The van der Waals surface area contributed by atoms with Gasteiger partial charge in [0, 0.05) is 42.6 Å². The van der Waals surface area contributed by atoms with Crippen molar-refractivity contribution in [2.24, 2.45) is 0 Å². The standard InChI is InChI=1S/C18H14F2N4O/c19-15-2-1-13(9-16(15)20)24-14-5-8-22-17(10-14)18(25)23-11-12-3-6-21-7-4-12/h1-10H,11H2,(H,22,24)(H,23,25). The summed E-state index contributed by atoms with van der Waals surface area (Å²) in [7, 11) is 0. The SMILES string of the molecule is O=C(NCc1ccncc1)c1cc(Nc2ccc(F)c(F)c2)ccn1. The van der Waals surface area contributed by atoms with E-state index in [1.807, 2.05) is 0 Å². The number of amides is 1. The minimum atomic E-state index is -0.950. The van der Waals surface area contributed by atoms with Gasteiger partial charge >= 0.3 is 0 Å². The van der Waals surface area contributed by atoms with Crippen LogP contribution in [0.25, 0.3) is 0 Å². The molecule has 0 unspecified atom stereocenters. The average molecular weight is 340 g/mol. The first kappa shape index (κ1) is 16.5. The van der Waals surface area contributed by atoms with Crippen LogP contribution >= 0.6 is 0 Å². The fourth-order valence-corrected chi connectivity index (χ4v) is 2.15. The number of carbonyl (C=O) groups excluding carboxylic acids is 1. The number of pyridine rings is 2. The molecule has 126 valence electrons. The van der Waals surface area contributed by atoms with Gasteiger partial charge in [-0.05, 0) is 42.0 Å². The maximum absolute atomic E-state index is 13.3. The molecule has 2 heterocycles. The molecule has 2 aromatic heterocycles. The quantitative estimate of drug-likeness (QED) is 0.747. The molecule has 0 aliphatic rings. The largest absolute Gasteiger partial charge is 0.355 e. The summed E-state index contributed by atoms with van der Waals surface area (Å²) in [6.07, 6.45) is 4.75. The average Bonchev–Trinajstić information content (AvgIpc) is 2.64. The zero-order valence-electron chi connectivity index (χ0n) is 13.0. The highest BCUT2D eigenvalue weighted by molar-refractivity contribution is 5.93. The summed E-state index contributed by atoms with van der Waals surface area (Å²) in [5.41, 5.74) is 2.03. The van der Waals surface area contributed by atoms with Crippen molar-refractivity contribution in [3.05, 3.63) is 83.9 Å². The third-order valence-electron chi connectivity index (χ3n) is 3.40. The van der Waals surface area contributed by atoms with Crippen molar-refractivity contribution in [1.82, 2.24) is 15.3 Å². The second-order valence-electron chi connectivity index (χ2n) is 5.22. The number of nitrogens with one attached hydrogen (secondary N) is 2. The first-order valence-electron chi connectivity index (χ1n) is 7.47. The van der Waals surface area contributed by atoms with Crippen LogP contribution in [-0.4, -0.2) is 15.9 Å². The molecule has 3 rings (SSSR count). The van der Waals surface area contributed by atoms with Crippen molar-refractivity contribution >= 4 is 17.3 Å². The molecule has 2 N–H and O–H groups in total. The predicted octanol–water partition coefficient (Wildman–Crippen LogP) is 3.43. The first-order valence-corrected chi connectivity index (χ1v) is 7.47. The second kappa shape index (κ2) is 7.48. The summed E-state index contributed by atoms with van der Waals surface area (Å²) in [5, 5.41) is 5.66. The van der Waals surface area contributed by atoms with E-state index in [2.05, 4.69) is 20.6 Å². The van der Waals surface area contributed by atoms with E-state index in [-0.39, 0.29) is 11.6 Å². The van der Waals surface area contributed by atoms with E-state index >= 15 is 0 Å². The molecule has 0 spiro atoms. The van der Waals surface area contributed by atoms with E-state index in [9.17, 15) is 13.6 Å². The Hall–Kier alpha value is -3.35. The zero-order chi connectivity index (χ0) is 17.6. The van der Waals surface area contributed by atoms with E-state index in [1.54, 1.807) is 30.6 Å². The Bertz CT molecular complexity index is 887. The van der Waals surface area contributed by atoms with Crippen LogP contribution in [0.1, 0.15) is 16.1 Å². The molecule has 0 aliphatic carbocycles. The number of hydrogen-bond donors (Lipinski definition) is 2. The van der Waals surface area contributed by atoms with Crippen LogP contribution in [0.2, 0.25) is 0 Å². The van der Waals surface area contributed by atoms with E-state index < -0.39 is 11.6 Å². The van der Waals surface area contributed by atoms with Gasteiger partial charge in [0.1, 0.15) is 5.69 Å². The maximum atomic E-state index is 13.3. The molecular weight excluding hydrogens is 326 g/mol. The number of hydrogen-bond acceptors (Lipinski definition) is 4. The molecule has 25 heavy (non-hydrogen) atoms.